The first kappa shape index (κ1) is 25.3. The molecule has 2 amide bonds. The van der Waals surface area contributed by atoms with Crippen LogP contribution in [0.15, 0.2) is 60.7 Å². The maximum Gasteiger partial charge on any atom is 0.255 e. The van der Waals surface area contributed by atoms with Crippen molar-refractivity contribution in [2.24, 2.45) is 0 Å². The van der Waals surface area contributed by atoms with Crippen LogP contribution in [0.5, 0.6) is 0 Å². The van der Waals surface area contributed by atoms with E-state index in [9.17, 15) is 14.1 Å². The van der Waals surface area contributed by atoms with E-state index in [0.717, 1.165) is 61.4 Å². The van der Waals surface area contributed by atoms with E-state index >= 15 is 0 Å². The number of aryl methyl sites for hydroxylation is 1. The summed E-state index contributed by atoms with van der Waals surface area (Å²) in [5, 5.41) is 5.97. The number of carbonyl (C=O) groups excluding carboxylic acids is 2. The largest absolute Gasteiger partial charge is 0.593 e. The van der Waals surface area contributed by atoms with Crippen molar-refractivity contribution >= 4 is 34.6 Å². The molecular formula is C29H32N4O3S. The van der Waals surface area contributed by atoms with Crippen LogP contribution in [0.25, 0.3) is 0 Å². The standard InChI is InChI=1S/C29H32N4O3S/c1-32-14-12-21-8-10-26(17-25(21)19-32)31-29(35)23-6-3-5-20(15-23)18-30-28(34)24-9-11-27-22(16-24)7-4-13-33(27)37(2)36/h3,5-6,8-11,15-17H,4,7,12-14,18-19H2,1-2H3,(H,30,34)(H,31,35). The molecule has 0 saturated heterocycles. The highest BCUT2D eigenvalue weighted by atomic mass is 32.2. The molecule has 3 aromatic carbocycles. The van der Waals surface area contributed by atoms with Gasteiger partial charge in [0, 0.05) is 36.4 Å². The van der Waals surface area contributed by atoms with Crippen molar-refractivity contribution in [2.75, 3.05) is 36.0 Å². The summed E-state index contributed by atoms with van der Waals surface area (Å²) in [5.41, 5.74) is 7.33. The lowest BCUT2D eigenvalue weighted by Crippen LogP contribution is -2.34. The van der Waals surface area contributed by atoms with Crippen molar-refractivity contribution in [2.45, 2.75) is 32.4 Å². The molecule has 0 aliphatic carbocycles. The molecule has 3 aromatic rings. The topological polar surface area (TPSA) is 87.7 Å². The Morgan fingerprint density at radius 2 is 1.76 bits per heavy atom. The predicted octanol–water partition coefficient (Wildman–Crippen LogP) is 3.90. The Kier molecular flexibility index (Phi) is 7.50. The van der Waals surface area contributed by atoms with Gasteiger partial charge in [-0.05, 0) is 91.0 Å². The number of hydrogen-bond acceptors (Lipinski definition) is 5. The molecule has 192 valence electrons. The number of benzene rings is 3. The highest BCUT2D eigenvalue weighted by Crippen LogP contribution is 2.30. The Morgan fingerprint density at radius 3 is 2.59 bits per heavy atom. The van der Waals surface area contributed by atoms with Crippen molar-refractivity contribution in [1.82, 2.24) is 10.2 Å². The third kappa shape index (κ3) is 5.82. The normalized spacial score (nSPS) is 15.9. The highest BCUT2D eigenvalue weighted by Gasteiger charge is 2.24. The van der Waals surface area contributed by atoms with Gasteiger partial charge in [-0.15, -0.1) is 0 Å². The van der Waals surface area contributed by atoms with Gasteiger partial charge in [0.2, 0.25) is 0 Å². The maximum absolute atomic E-state index is 12.9. The molecule has 0 radical (unpaired) electrons. The molecule has 1 unspecified atom stereocenters. The van der Waals surface area contributed by atoms with Crippen LogP contribution in [0.2, 0.25) is 0 Å². The first-order valence-corrected chi connectivity index (χ1v) is 14.1. The second kappa shape index (κ2) is 11.0. The van der Waals surface area contributed by atoms with Crippen molar-refractivity contribution in [3.05, 3.63) is 94.0 Å². The summed E-state index contributed by atoms with van der Waals surface area (Å²) in [6.45, 7) is 3.01. The zero-order valence-electron chi connectivity index (χ0n) is 21.3. The van der Waals surface area contributed by atoms with E-state index in [2.05, 4.69) is 34.7 Å². The van der Waals surface area contributed by atoms with Crippen molar-refractivity contribution in [1.29, 1.82) is 0 Å². The van der Waals surface area contributed by atoms with Gasteiger partial charge in [0.05, 0.1) is 23.6 Å². The average Bonchev–Trinajstić information content (AvgIpc) is 2.90. The third-order valence-corrected chi connectivity index (χ3v) is 8.04. The number of fused-ring (bicyclic) bond motifs is 2. The first-order chi connectivity index (χ1) is 17.9. The Labute approximate surface area is 221 Å². The molecule has 0 aromatic heterocycles. The van der Waals surface area contributed by atoms with Crippen LogP contribution in [-0.2, 0) is 37.3 Å². The number of anilines is 2. The fraction of sp³-hybridized carbons (Fsp3) is 0.310. The van der Waals surface area contributed by atoms with E-state index in [1.54, 1.807) is 18.4 Å². The maximum atomic E-state index is 12.9. The Hall–Kier alpha value is -3.33. The predicted molar refractivity (Wildman–Crippen MR) is 148 cm³/mol. The monoisotopic (exact) mass is 516 g/mol. The van der Waals surface area contributed by atoms with E-state index in [1.165, 1.54) is 11.1 Å². The zero-order valence-corrected chi connectivity index (χ0v) is 22.1. The van der Waals surface area contributed by atoms with Crippen molar-refractivity contribution < 1.29 is 14.1 Å². The number of rotatable bonds is 6. The van der Waals surface area contributed by atoms with Crippen LogP contribution in [-0.4, -0.2) is 47.7 Å². The SMILES string of the molecule is CN1CCc2ccc(NC(=O)c3cccc(CNC(=O)c4ccc5c(c4)CCCN5[S+](C)[O-])c3)cc2C1. The molecule has 1 atom stereocenters. The molecule has 2 N–H and O–H groups in total. The molecule has 2 aliphatic heterocycles. The number of carbonyl (C=O) groups is 2. The lowest BCUT2D eigenvalue weighted by molar-refractivity contribution is 0.0950. The smallest absolute Gasteiger partial charge is 0.255 e. The van der Waals surface area contributed by atoms with Gasteiger partial charge in [0.15, 0.2) is 0 Å². The summed E-state index contributed by atoms with van der Waals surface area (Å²) in [5.74, 6) is -0.351. The number of nitrogens with zero attached hydrogens (tertiary/aromatic N) is 2. The number of amides is 2. The molecule has 5 rings (SSSR count). The van der Waals surface area contributed by atoms with E-state index in [0.29, 0.717) is 17.7 Å². The number of nitrogens with one attached hydrogen (secondary N) is 2. The van der Waals surface area contributed by atoms with Crippen LogP contribution in [0.1, 0.15) is 49.4 Å². The summed E-state index contributed by atoms with van der Waals surface area (Å²) in [6.07, 6.45) is 4.48. The molecule has 2 aliphatic rings. The van der Waals surface area contributed by atoms with Gasteiger partial charge in [-0.3, -0.25) is 9.59 Å². The number of hydrogen-bond donors (Lipinski definition) is 2. The third-order valence-electron chi connectivity index (χ3n) is 7.04. The minimum Gasteiger partial charge on any atom is -0.593 e. The van der Waals surface area contributed by atoms with Gasteiger partial charge >= 0.3 is 0 Å². The minimum atomic E-state index is -1.08. The lowest BCUT2D eigenvalue weighted by atomic mass is 9.99. The summed E-state index contributed by atoms with van der Waals surface area (Å²) < 4.78 is 13.9. The minimum absolute atomic E-state index is 0.175. The summed E-state index contributed by atoms with van der Waals surface area (Å²) in [7, 11) is 2.10. The van der Waals surface area contributed by atoms with Crippen LogP contribution < -0.4 is 14.9 Å². The quantitative estimate of drug-likeness (QED) is 0.485. The van der Waals surface area contributed by atoms with Crippen molar-refractivity contribution in [3.63, 3.8) is 0 Å². The van der Waals surface area contributed by atoms with Gasteiger partial charge < -0.3 is 20.1 Å². The molecule has 0 saturated carbocycles. The summed E-state index contributed by atoms with van der Waals surface area (Å²) >= 11 is -1.08. The lowest BCUT2D eigenvalue weighted by Gasteiger charge is -2.29. The fourth-order valence-corrected chi connectivity index (χ4v) is 5.90. The van der Waals surface area contributed by atoms with Crippen LogP contribution >= 0.6 is 0 Å². The molecule has 0 fully saturated rings. The van der Waals surface area contributed by atoms with E-state index in [-0.39, 0.29) is 11.8 Å². The van der Waals surface area contributed by atoms with Gasteiger partial charge in [-0.25, -0.2) is 0 Å². The van der Waals surface area contributed by atoms with Gasteiger partial charge in [-0.2, -0.15) is 4.31 Å². The highest BCUT2D eigenvalue weighted by molar-refractivity contribution is 7.92. The molecule has 2 heterocycles. The zero-order chi connectivity index (χ0) is 25.9. The van der Waals surface area contributed by atoms with Gasteiger partial charge in [0.1, 0.15) is 6.26 Å². The molecule has 8 heteroatoms. The second-order valence-corrected chi connectivity index (χ2v) is 11.1. The van der Waals surface area contributed by atoms with E-state index in [1.807, 2.05) is 40.7 Å². The molecular weight excluding hydrogens is 484 g/mol. The van der Waals surface area contributed by atoms with Gasteiger partial charge in [0.25, 0.3) is 11.8 Å². The second-order valence-electron chi connectivity index (χ2n) is 9.78. The molecule has 37 heavy (non-hydrogen) atoms. The molecule has 0 bridgehead atoms. The van der Waals surface area contributed by atoms with E-state index < -0.39 is 11.4 Å². The number of likely N-dealkylation sites (N-methyl/N-ethyl adjacent to an activating group) is 1. The fourth-order valence-electron chi connectivity index (χ4n) is 5.06. The first-order valence-electron chi connectivity index (χ1n) is 12.6. The van der Waals surface area contributed by atoms with Crippen LogP contribution in [0, 0.1) is 0 Å². The summed E-state index contributed by atoms with van der Waals surface area (Å²) in [4.78, 5) is 28.1. The van der Waals surface area contributed by atoms with Crippen molar-refractivity contribution in [3.8, 4) is 0 Å². The average molecular weight is 517 g/mol. The van der Waals surface area contributed by atoms with E-state index in [4.69, 9.17) is 0 Å². The molecule has 7 nitrogen and oxygen atoms in total. The Balaban J connectivity index is 1.22. The molecule has 0 spiro atoms. The van der Waals surface area contributed by atoms with Crippen LogP contribution in [0.4, 0.5) is 11.4 Å². The Morgan fingerprint density at radius 1 is 0.919 bits per heavy atom. The van der Waals surface area contributed by atoms with Crippen LogP contribution in [0.3, 0.4) is 0 Å². The van der Waals surface area contributed by atoms with Gasteiger partial charge in [-0.1, -0.05) is 18.2 Å². The Bertz CT molecular complexity index is 1330. The summed E-state index contributed by atoms with van der Waals surface area (Å²) in [6, 6.07) is 19.0.